The third-order valence-electron chi connectivity index (χ3n) is 2.97. The predicted molar refractivity (Wildman–Crippen MR) is 85.7 cm³/mol. The van der Waals surface area contributed by atoms with E-state index in [0.717, 1.165) is 36.0 Å². The highest BCUT2D eigenvalue weighted by Crippen LogP contribution is 2.15. The molecule has 0 aliphatic carbocycles. The summed E-state index contributed by atoms with van der Waals surface area (Å²) in [6.45, 7) is 2.22. The number of thiocarbonyl (C=S) groups is 1. The maximum absolute atomic E-state index is 5.24. The van der Waals surface area contributed by atoms with Crippen molar-refractivity contribution in [3.05, 3.63) is 42.1 Å². The van der Waals surface area contributed by atoms with E-state index in [9.17, 15) is 0 Å². The third-order valence-corrected chi connectivity index (χ3v) is 3.26. The van der Waals surface area contributed by atoms with Crippen molar-refractivity contribution in [3.8, 4) is 0 Å². The Labute approximate surface area is 124 Å². The maximum Gasteiger partial charge on any atom is 0.166 e. The SMILES string of the molecule is COCCCNC(=S)NCc1cccc2cccnc12. The molecule has 0 fully saturated rings. The molecule has 0 spiro atoms. The highest BCUT2D eigenvalue weighted by molar-refractivity contribution is 7.80. The van der Waals surface area contributed by atoms with Crippen LogP contribution in [0.2, 0.25) is 0 Å². The van der Waals surface area contributed by atoms with E-state index in [1.807, 2.05) is 18.3 Å². The van der Waals surface area contributed by atoms with Crippen molar-refractivity contribution in [2.75, 3.05) is 20.3 Å². The van der Waals surface area contributed by atoms with Crippen LogP contribution in [0.4, 0.5) is 0 Å². The molecule has 2 rings (SSSR count). The molecule has 2 N–H and O–H groups in total. The molecule has 5 heteroatoms. The summed E-state index contributed by atoms with van der Waals surface area (Å²) in [6, 6.07) is 10.2. The van der Waals surface area contributed by atoms with Gasteiger partial charge in [-0.25, -0.2) is 0 Å². The number of para-hydroxylation sites is 1. The van der Waals surface area contributed by atoms with Crippen molar-refractivity contribution >= 4 is 28.2 Å². The second kappa shape index (κ2) is 7.77. The Morgan fingerprint density at radius 2 is 2.10 bits per heavy atom. The number of pyridine rings is 1. The van der Waals surface area contributed by atoms with Crippen LogP contribution in [0.25, 0.3) is 10.9 Å². The fourth-order valence-corrected chi connectivity index (χ4v) is 2.14. The van der Waals surface area contributed by atoms with Crippen LogP contribution >= 0.6 is 12.2 Å². The summed E-state index contributed by atoms with van der Waals surface area (Å²) in [5, 5.41) is 8.17. The molecule has 0 bridgehead atoms. The van der Waals surface area contributed by atoms with Crippen molar-refractivity contribution in [2.24, 2.45) is 0 Å². The third kappa shape index (κ3) is 4.15. The predicted octanol–water partition coefficient (Wildman–Crippen LogP) is 2.24. The molecule has 20 heavy (non-hydrogen) atoms. The van der Waals surface area contributed by atoms with Crippen LogP contribution in [-0.2, 0) is 11.3 Å². The first-order chi connectivity index (χ1) is 9.81. The summed E-state index contributed by atoms with van der Waals surface area (Å²) in [5.74, 6) is 0. The van der Waals surface area contributed by atoms with E-state index < -0.39 is 0 Å². The Bertz CT molecular complexity index is 569. The van der Waals surface area contributed by atoms with Gasteiger partial charge in [0.05, 0.1) is 5.52 Å². The van der Waals surface area contributed by atoms with Crippen molar-refractivity contribution in [3.63, 3.8) is 0 Å². The number of hydrogen-bond donors (Lipinski definition) is 2. The molecular formula is C15H19N3OS. The summed E-state index contributed by atoms with van der Waals surface area (Å²) < 4.78 is 4.99. The normalized spacial score (nSPS) is 10.4. The van der Waals surface area contributed by atoms with Crippen molar-refractivity contribution in [2.45, 2.75) is 13.0 Å². The Balaban J connectivity index is 1.88. The van der Waals surface area contributed by atoms with E-state index >= 15 is 0 Å². The Morgan fingerprint density at radius 3 is 2.95 bits per heavy atom. The first kappa shape index (κ1) is 14.7. The number of aromatic nitrogens is 1. The van der Waals surface area contributed by atoms with Gasteiger partial charge in [0, 0.05) is 38.4 Å². The van der Waals surface area contributed by atoms with E-state index in [1.54, 1.807) is 7.11 Å². The fourth-order valence-electron chi connectivity index (χ4n) is 1.97. The van der Waals surface area contributed by atoms with Crippen molar-refractivity contribution in [1.29, 1.82) is 0 Å². The molecule has 1 aromatic heterocycles. The molecule has 1 heterocycles. The van der Waals surface area contributed by atoms with E-state index in [4.69, 9.17) is 17.0 Å². The minimum atomic E-state index is 0.661. The van der Waals surface area contributed by atoms with Gasteiger partial charge >= 0.3 is 0 Å². The molecule has 1 aromatic carbocycles. The zero-order chi connectivity index (χ0) is 14.2. The van der Waals surface area contributed by atoms with Gasteiger partial charge in [0.1, 0.15) is 0 Å². The lowest BCUT2D eigenvalue weighted by molar-refractivity contribution is 0.195. The van der Waals surface area contributed by atoms with Gasteiger partial charge in [-0.1, -0.05) is 24.3 Å². The van der Waals surface area contributed by atoms with Crippen LogP contribution in [0.5, 0.6) is 0 Å². The van der Waals surface area contributed by atoms with Gasteiger partial charge in [-0.15, -0.1) is 0 Å². The van der Waals surface area contributed by atoms with Crippen LogP contribution in [0, 0.1) is 0 Å². The molecule has 0 unspecified atom stereocenters. The van der Waals surface area contributed by atoms with E-state index in [2.05, 4.69) is 33.8 Å². The smallest absolute Gasteiger partial charge is 0.166 e. The number of hydrogen-bond acceptors (Lipinski definition) is 3. The topological polar surface area (TPSA) is 46.2 Å². The zero-order valence-electron chi connectivity index (χ0n) is 11.6. The quantitative estimate of drug-likeness (QED) is 0.631. The number of rotatable bonds is 6. The van der Waals surface area contributed by atoms with Gasteiger partial charge < -0.3 is 15.4 Å². The summed E-state index contributed by atoms with van der Waals surface area (Å²) in [7, 11) is 1.70. The zero-order valence-corrected chi connectivity index (χ0v) is 12.4. The number of fused-ring (bicyclic) bond motifs is 1. The molecule has 4 nitrogen and oxygen atoms in total. The lowest BCUT2D eigenvalue weighted by Gasteiger charge is -2.11. The summed E-state index contributed by atoms with van der Waals surface area (Å²) >= 11 is 5.24. The Morgan fingerprint density at radius 1 is 1.25 bits per heavy atom. The van der Waals surface area contributed by atoms with Crippen LogP contribution in [-0.4, -0.2) is 30.4 Å². The van der Waals surface area contributed by atoms with E-state index in [1.165, 1.54) is 0 Å². The first-order valence-electron chi connectivity index (χ1n) is 6.64. The summed E-state index contributed by atoms with van der Waals surface area (Å²) in [4.78, 5) is 4.43. The number of methoxy groups -OCH3 is 1. The highest BCUT2D eigenvalue weighted by atomic mass is 32.1. The minimum absolute atomic E-state index is 0.661. The van der Waals surface area contributed by atoms with Gasteiger partial charge in [-0.3, -0.25) is 4.98 Å². The lowest BCUT2D eigenvalue weighted by atomic mass is 10.1. The second-order valence-corrected chi connectivity index (χ2v) is 4.86. The summed E-state index contributed by atoms with van der Waals surface area (Å²) in [5.41, 5.74) is 2.16. The highest BCUT2D eigenvalue weighted by Gasteiger charge is 2.02. The lowest BCUT2D eigenvalue weighted by Crippen LogP contribution is -2.35. The second-order valence-electron chi connectivity index (χ2n) is 4.45. The number of benzene rings is 1. The molecule has 0 saturated carbocycles. The molecule has 0 atom stereocenters. The van der Waals surface area contributed by atoms with Gasteiger partial charge in [-0.2, -0.15) is 0 Å². The number of nitrogens with zero attached hydrogens (tertiary/aromatic N) is 1. The van der Waals surface area contributed by atoms with Crippen LogP contribution in [0.15, 0.2) is 36.5 Å². The van der Waals surface area contributed by atoms with Gasteiger partial charge in [0.2, 0.25) is 0 Å². The largest absolute Gasteiger partial charge is 0.385 e. The monoisotopic (exact) mass is 289 g/mol. The average molecular weight is 289 g/mol. The molecule has 106 valence electrons. The van der Waals surface area contributed by atoms with Gasteiger partial charge in [0.15, 0.2) is 5.11 Å². The van der Waals surface area contributed by atoms with Crippen molar-refractivity contribution in [1.82, 2.24) is 15.6 Å². The minimum Gasteiger partial charge on any atom is -0.385 e. The van der Waals surface area contributed by atoms with Crippen LogP contribution in [0.1, 0.15) is 12.0 Å². The van der Waals surface area contributed by atoms with Crippen molar-refractivity contribution < 1.29 is 4.74 Å². The number of ether oxygens (including phenoxy) is 1. The molecule has 0 aliphatic heterocycles. The average Bonchev–Trinajstić information content (AvgIpc) is 2.49. The maximum atomic E-state index is 5.24. The number of nitrogens with one attached hydrogen (secondary N) is 2. The first-order valence-corrected chi connectivity index (χ1v) is 7.05. The molecule has 0 radical (unpaired) electrons. The Kier molecular flexibility index (Phi) is 5.70. The molecule has 0 aliphatic rings. The molecule has 0 amide bonds. The summed E-state index contributed by atoms with van der Waals surface area (Å²) in [6.07, 6.45) is 2.75. The van der Waals surface area contributed by atoms with Crippen LogP contribution < -0.4 is 10.6 Å². The fraction of sp³-hybridized carbons (Fsp3) is 0.333. The molecule has 2 aromatic rings. The molecular weight excluding hydrogens is 270 g/mol. The Hall–Kier alpha value is -1.72. The van der Waals surface area contributed by atoms with E-state index in [-0.39, 0.29) is 0 Å². The van der Waals surface area contributed by atoms with E-state index in [0.29, 0.717) is 11.7 Å². The van der Waals surface area contributed by atoms with Gasteiger partial charge in [0.25, 0.3) is 0 Å². The molecule has 0 saturated heterocycles. The van der Waals surface area contributed by atoms with Crippen LogP contribution in [0.3, 0.4) is 0 Å². The standard InChI is InChI=1S/C15H19N3OS/c1-19-10-4-9-17-15(20)18-11-13-6-2-5-12-7-3-8-16-14(12)13/h2-3,5-8H,4,9-11H2,1H3,(H2,17,18,20). The van der Waals surface area contributed by atoms with Gasteiger partial charge in [-0.05, 0) is 30.3 Å².